The van der Waals surface area contributed by atoms with Crippen molar-refractivity contribution in [3.63, 3.8) is 0 Å². The molecule has 1 amide bonds. The van der Waals surface area contributed by atoms with Crippen molar-refractivity contribution in [1.82, 2.24) is 5.32 Å². The van der Waals surface area contributed by atoms with Gasteiger partial charge in [-0.2, -0.15) is 0 Å². The van der Waals surface area contributed by atoms with Crippen LogP contribution >= 0.6 is 11.3 Å². The first kappa shape index (κ1) is 18.4. The summed E-state index contributed by atoms with van der Waals surface area (Å²) in [6.07, 6.45) is 1.43. The van der Waals surface area contributed by atoms with Crippen LogP contribution in [-0.4, -0.2) is 20.9 Å². The van der Waals surface area contributed by atoms with Crippen LogP contribution in [0.15, 0.2) is 63.4 Å². The molecule has 0 aliphatic heterocycles. The highest BCUT2D eigenvalue weighted by Gasteiger charge is 2.32. The summed E-state index contributed by atoms with van der Waals surface area (Å²) in [6.45, 7) is 3.73. The average Bonchev–Trinajstić information content (AvgIpc) is 3.30. The Morgan fingerprint density at radius 2 is 1.96 bits per heavy atom. The number of carbonyl (C=O) groups excluding carboxylic acids is 1. The van der Waals surface area contributed by atoms with Crippen molar-refractivity contribution < 1.29 is 17.6 Å². The number of nitrogens with one attached hydrogen (secondary N) is 1. The Morgan fingerprint density at radius 1 is 1.15 bits per heavy atom. The second-order valence-electron chi connectivity index (χ2n) is 5.98. The van der Waals surface area contributed by atoms with E-state index in [1.807, 2.05) is 13.8 Å². The largest absolute Gasteiger partial charge is 0.468 e. The van der Waals surface area contributed by atoms with Gasteiger partial charge in [0.25, 0.3) is 5.91 Å². The molecule has 0 saturated carbocycles. The number of thiophene rings is 1. The van der Waals surface area contributed by atoms with Crippen LogP contribution in [0, 0.1) is 13.8 Å². The van der Waals surface area contributed by atoms with Gasteiger partial charge in [0.2, 0.25) is 0 Å². The zero-order valence-electron chi connectivity index (χ0n) is 14.4. The van der Waals surface area contributed by atoms with Gasteiger partial charge >= 0.3 is 0 Å². The van der Waals surface area contributed by atoms with E-state index in [0.717, 1.165) is 11.1 Å². The summed E-state index contributed by atoms with van der Waals surface area (Å²) in [4.78, 5) is 13.0. The van der Waals surface area contributed by atoms with Crippen molar-refractivity contribution in [1.29, 1.82) is 0 Å². The fourth-order valence-corrected chi connectivity index (χ4v) is 4.88. The molecule has 1 N–H and O–H groups in total. The molecule has 2 heterocycles. The van der Waals surface area contributed by atoms with Crippen LogP contribution in [-0.2, 0) is 9.84 Å². The minimum absolute atomic E-state index is 0.0699. The number of hydrogen-bond acceptors (Lipinski definition) is 5. The minimum atomic E-state index is -3.73. The first-order chi connectivity index (χ1) is 12.4. The van der Waals surface area contributed by atoms with Gasteiger partial charge in [-0.05, 0) is 60.7 Å². The van der Waals surface area contributed by atoms with Crippen molar-refractivity contribution in [2.24, 2.45) is 0 Å². The highest BCUT2D eigenvalue weighted by atomic mass is 32.2. The van der Waals surface area contributed by atoms with Crippen LogP contribution in [0.3, 0.4) is 0 Å². The second kappa shape index (κ2) is 7.47. The van der Waals surface area contributed by atoms with Crippen LogP contribution < -0.4 is 5.32 Å². The first-order valence-electron chi connectivity index (χ1n) is 8.06. The van der Waals surface area contributed by atoms with Gasteiger partial charge in [0.1, 0.15) is 11.0 Å². The fraction of sp³-hybridized carbons (Fsp3) is 0.211. The third-order valence-electron chi connectivity index (χ3n) is 4.23. The van der Waals surface area contributed by atoms with Crippen molar-refractivity contribution >= 4 is 27.1 Å². The normalized spacial score (nSPS) is 12.7. The van der Waals surface area contributed by atoms with Crippen LogP contribution in [0.1, 0.15) is 31.8 Å². The first-order valence-corrected chi connectivity index (χ1v) is 10.5. The molecule has 1 atom stereocenters. The number of carbonyl (C=O) groups is 1. The molecule has 1 aromatic carbocycles. The highest BCUT2D eigenvalue weighted by molar-refractivity contribution is 7.91. The van der Waals surface area contributed by atoms with Gasteiger partial charge in [-0.25, -0.2) is 8.42 Å². The Bertz CT molecular complexity index is 990. The monoisotopic (exact) mass is 389 g/mol. The van der Waals surface area contributed by atoms with Crippen LogP contribution in [0.5, 0.6) is 0 Å². The Labute approximate surface area is 156 Å². The molecule has 7 heteroatoms. The van der Waals surface area contributed by atoms with Gasteiger partial charge in [-0.1, -0.05) is 12.1 Å². The Balaban J connectivity index is 1.90. The van der Waals surface area contributed by atoms with E-state index < -0.39 is 15.1 Å². The lowest BCUT2D eigenvalue weighted by molar-refractivity contribution is 0.0957. The maximum atomic E-state index is 13.2. The topological polar surface area (TPSA) is 76.4 Å². The second-order valence-corrected chi connectivity index (χ2v) is 9.06. The van der Waals surface area contributed by atoms with E-state index in [1.54, 1.807) is 47.8 Å². The Morgan fingerprint density at radius 3 is 2.58 bits per heavy atom. The SMILES string of the molecule is Cc1ccc(S(=O)(=O)[C@H](CNC(=O)c2cccs2)c2ccco2)cc1C. The lowest BCUT2D eigenvalue weighted by Gasteiger charge is -2.17. The summed E-state index contributed by atoms with van der Waals surface area (Å²) in [5, 5.41) is 3.51. The van der Waals surface area contributed by atoms with Crippen molar-refractivity contribution in [2.75, 3.05) is 6.54 Å². The Hall–Kier alpha value is -2.38. The molecule has 26 heavy (non-hydrogen) atoms. The summed E-state index contributed by atoms with van der Waals surface area (Å²) in [7, 11) is -3.73. The van der Waals surface area contributed by atoms with Gasteiger partial charge < -0.3 is 9.73 Å². The number of furan rings is 1. The van der Waals surface area contributed by atoms with E-state index in [4.69, 9.17) is 4.42 Å². The van der Waals surface area contributed by atoms with Crippen molar-refractivity contribution in [2.45, 2.75) is 24.0 Å². The van der Waals surface area contributed by atoms with E-state index in [1.165, 1.54) is 17.6 Å². The minimum Gasteiger partial charge on any atom is -0.468 e. The molecule has 0 radical (unpaired) electrons. The maximum absolute atomic E-state index is 13.2. The molecule has 0 unspecified atom stereocenters. The number of hydrogen-bond donors (Lipinski definition) is 1. The number of rotatable bonds is 6. The zero-order valence-corrected chi connectivity index (χ0v) is 16.1. The molecule has 2 aromatic heterocycles. The highest BCUT2D eigenvalue weighted by Crippen LogP contribution is 2.30. The third kappa shape index (κ3) is 3.73. The Kier molecular flexibility index (Phi) is 5.29. The zero-order chi connectivity index (χ0) is 18.7. The number of sulfone groups is 1. The molecular weight excluding hydrogens is 370 g/mol. The summed E-state index contributed by atoms with van der Waals surface area (Å²) in [5.74, 6) is 0.00144. The van der Waals surface area contributed by atoms with Crippen LogP contribution in [0.4, 0.5) is 0 Å². The van der Waals surface area contributed by atoms with Gasteiger partial charge in [-0.15, -0.1) is 11.3 Å². The lowest BCUT2D eigenvalue weighted by atomic mass is 10.1. The van der Waals surface area contributed by atoms with E-state index in [2.05, 4.69) is 5.32 Å². The molecular formula is C19H19NO4S2. The summed E-state index contributed by atoms with van der Waals surface area (Å²) < 4.78 is 31.7. The molecule has 0 aliphatic rings. The van der Waals surface area contributed by atoms with Gasteiger partial charge in [0, 0.05) is 6.54 Å². The van der Waals surface area contributed by atoms with Crippen LogP contribution in [0.25, 0.3) is 0 Å². The van der Waals surface area contributed by atoms with E-state index in [-0.39, 0.29) is 17.3 Å². The third-order valence-corrected chi connectivity index (χ3v) is 7.16. The van der Waals surface area contributed by atoms with Crippen molar-refractivity contribution in [3.05, 3.63) is 75.9 Å². The smallest absolute Gasteiger partial charge is 0.261 e. The average molecular weight is 389 g/mol. The summed E-state index contributed by atoms with van der Waals surface area (Å²) in [5.41, 5.74) is 1.91. The molecule has 5 nitrogen and oxygen atoms in total. The maximum Gasteiger partial charge on any atom is 0.261 e. The van der Waals surface area contributed by atoms with E-state index in [0.29, 0.717) is 10.6 Å². The quantitative estimate of drug-likeness (QED) is 0.694. The summed E-state index contributed by atoms with van der Waals surface area (Å²) in [6, 6.07) is 11.7. The molecule has 0 fully saturated rings. The lowest BCUT2D eigenvalue weighted by Crippen LogP contribution is -2.31. The van der Waals surface area contributed by atoms with Crippen molar-refractivity contribution in [3.8, 4) is 0 Å². The molecule has 3 rings (SSSR count). The molecule has 0 saturated heterocycles. The number of amides is 1. The predicted molar refractivity (Wildman–Crippen MR) is 101 cm³/mol. The molecule has 0 bridgehead atoms. The number of aryl methyl sites for hydroxylation is 2. The summed E-state index contributed by atoms with van der Waals surface area (Å²) >= 11 is 1.30. The molecule has 0 aliphatic carbocycles. The predicted octanol–water partition coefficient (Wildman–Crippen LogP) is 3.90. The fourth-order valence-electron chi connectivity index (χ4n) is 2.57. The van der Waals surface area contributed by atoms with Gasteiger partial charge in [0.15, 0.2) is 9.84 Å². The molecule has 0 spiro atoms. The van der Waals surface area contributed by atoms with E-state index >= 15 is 0 Å². The standard InChI is InChI=1S/C19H19NO4S2/c1-13-7-8-15(11-14(13)2)26(22,23)18(16-5-3-9-24-16)12-20-19(21)17-6-4-10-25-17/h3-11,18H,12H2,1-2H3,(H,20,21)/t18-/m1/s1. The van der Waals surface area contributed by atoms with Crippen LogP contribution in [0.2, 0.25) is 0 Å². The van der Waals surface area contributed by atoms with E-state index in [9.17, 15) is 13.2 Å². The molecule has 3 aromatic rings. The van der Waals surface area contributed by atoms with Gasteiger partial charge in [0.05, 0.1) is 16.0 Å². The van der Waals surface area contributed by atoms with Gasteiger partial charge in [-0.3, -0.25) is 4.79 Å². The number of benzene rings is 1. The molecule has 136 valence electrons.